The summed E-state index contributed by atoms with van der Waals surface area (Å²) in [4.78, 5) is 4.53. The van der Waals surface area contributed by atoms with Crippen LogP contribution in [0.5, 0.6) is 0 Å². The van der Waals surface area contributed by atoms with Crippen LogP contribution in [0.3, 0.4) is 0 Å². The third kappa shape index (κ3) is 1.71. The number of hydrogen-bond donors (Lipinski definition) is 0. The zero-order chi connectivity index (χ0) is 11.8. The molecule has 0 saturated carbocycles. The van der Waals surface area contributed by atoms with Gasteiger partial charge in [-0.2, -0.15) is 0 Å². The molecule has 0 aliphatic rings. The summed E-state index contributed by atoms with van der Waals surface area (Å²) in [5.74, 6) is 0. The standard InChI is InChI=1S/C14H11ClN2/c1-10-14(11-5-3-2-4-6-11)17-8-7-12(15)9-13(17)16-10/h2-9H,1H3. The summed E-state index contributed by atoms with van der Waals surface area (Å²) in [5, 5.41) is 0.710. The van der Waals surface area contributed by atoms with Crippen LogP contribution in [0.25, 0.3) is 16.9 Å². The second-order valence-electron chi connectivity index (χ2n) is 3.99. The molecule has 0 fully saturated rings. The van der Waals surface area contributed by atoms with Crippen LogP contribution in [-0.2, 0) is 0 Å². The molecule has 3 heteroatoms. The molecule has 3 rings (SSSR count). The van der Waals surface area contributed by atoms with Gasteiger partial charge < -0.3 is 0 Å². The average molecular weight is 243 g/mol. The van der Waals surface area contributed by atoms with Gasteiger partial charge in [-0.3, -0.25) is 4.40 Å². The number of hydrogen-bond acceptors (Lipinski definition) is 1. The van der Waals surface area contributed by atoms with Crippen molar-refractivity contribution in [1.82, 2.24) is 9.38 Å². The highest BCUT2D eigenvalue weighted by atomic mass is 35.5. The summed E-state index contributed by atoms with van der Waals surface area (Å²) in [7, 11) is 0. The van der Waals surface area contributed by atoms with Gasteiger partial charge in [0, 0.05) is 22.8 Å². The van der Waals surface area contributed by atoms with Crippen LogP contribution in [0.4, 0.5) is 0 Å². The molecule has 0 atom stereocenters. The Morgan fingerprint density at radius 3 is 2.65 bits per heavy atom. The lowest BCUT2D eigenvalue weighted by Crippen LogP contribution is -1.88. The number of rotatable bonds is 1. The van der Waals surface area contributed by atoms with Crippen molar-refractivity contribution in [2.24, 2.45) is 0 Å². The number of nitrogens with zero attached hydrogens (tertiary/aromatic N) is 2. The summed E-state index contributed by atoms with van der Waals surface area (Å²) < 4.78 is 2.07. The lowest BCUT2D eigenvalue weighted by molar-refractivity contribution is 1.19. The first-order chi connectivity index (χ1) is 8.25. The number of aromatic nitrogens is 2. The highest BCUT2D eigenvalue weighted by Crippen LogP contribution is 2.25. The highest BCUT2D eigenvalue weighted by Gasteiger charge is 2.10. The monoisotopic (exact) mass is 242 g/mol. The van der Waals surface area contributed by atoms with E-state index in [2.05, 4.69) is 21.5 Å². The van der Waals surface area contributed by atoms with Gasteiger partial charge >= 0.3 is 0 Å². The zero-order valence-electron chi connectivity index (χ0n) is 9.39. The molecule has 2 aromatic heterocycles. The molecular weight excluding hydrogens is 232 g/mol. The first-order valence-corrected chi connectivity index (χ1v) is 5.83. The van der Waals surface area contributed by atoms with Crippen molar-refractivity contribution < 1.29 is 0 Å². The normalized spacial score (nSPS) is 10.9. The van der Waals surface area contributed by atoms with Crippen LogP contribution < -0.4 is 0 Å². The molecule has 0 aliphatic heterocycles. The smallest absolute Gasteiger partial charge is 0.138 e. The van der Waals surface area contributed by atoms with Gasteiger partial charge in [0.25, 0.3) is 0 Å². The zero-order valence-corrected chi connectivity index (χ0v) is 10.1. The predicted octanol–water partition coefficient (Wildman–Crippen LogP) is 3.96. The van der Waals surface area contributed by atoms with Crippen LogP contribution in [0.2, 0.25) is 5.02 Å². The van der Waals surface area contributed by atoms with E-state index in [0.29, 0.717) is 5.02 Å². The van der Waals surface area contributed by atoms with E-state index in [4.69, 9.17) is 11.6 Å². The molecule has 3 aromatic rings. The lowest BCUT2D eigenvalue weighted by Gasteiger charge is -2.03. The van der Waals surface area contributed by atoms with Crippen LogP contribution in [0.15, 0.2) is 48.7 Å². The Hall–Kier alpha value is -1.80. The number of halogens is 1. The van der Waals surface area contributed by atoms with Gasteiger partial charge in [0.15, 0.2) is 0 Å². The lowest BCUT2D eigenvalue weighted by atomic mass is 10.1. The van der Waals surface area contributed by atoms with Crippen LogP contribution >= 0.6 is 11.6 Å². The number of fused-ring (bicyclic) bond motifs is 1. The molecule has 2 heterocycles. The highest BCUT2D eigenvalue weighted by molar-refractivity contribution is 6.30. The van der Waals surface area contributed by atoms with Crippen molar-refractivity contribution in [1.29, 1.82) is 0 Å². The van der Waals surface area contributed by atoms with Gasteiger partial charge in [0.05, 0.1) is 11.4 Å². The van der Waals surface area contributed by atoms with Gasteiger partial charge in [-0.05, 0) is 13.0 Å². The van der Waals surface area contributed by atoms with E-state index in [1.165, 1.54) is 5.56 Å². The maximum absolute atomic E-state index is 5.97. The predicted molar refractivity (Wildman–Crippen MR) is 70.4 cm³/mol. The first kappa shape index (κ1) is 10.4. The van der Waals surface area contributed by atoms with Crippen molar-refractivity contribution >= 4 is 17.2 Å². The largest absolute Gasteiger partial charge is 0.299 e. The van der Waals surface area contributed by atoms with Crippen LogP contribution in [0.1, 0.15) is 5.69 Å². The van der Waals surface area contributed by atoms with Crippen LogP contribution in [-0.4, -0.2) is 9.38 Å². The minimum atomic E-state index is 0.710. The third-order valence-corrected chi connectivity index (χ3v) is 3.04. The molecule has 0 saturated heterocycles. The summed E-state index contributed by atoms with van der Waals surface area (Å²) >= 11 is 5.97. The van der Waals surface area contributed by atoms with E-state index >= 15 is 0 Å². The van der Waals surface area contributed by atoms with Crippen molar-refractivity contribution in [3.8, 4) is 11.3 Å². The van der Waals surface area contributed by atoms with Crippen molar-refractivity contribution in [3.63, 3.8) is 0 Å². The Morgan fingerprint density at radius 2 is 1.88 bits per heavy atom. The summed E-state index contributed by atoms with van der Waals surface area (Å²) in [6.07, 6.45) is 1.96. The summed E-state index contributed by atoms with van der Waals surface area (Å²) in [5.41, 5.74) is 4.18. The van der Waals surface area contributed by atoms with E-state index in [1.807, 2.05) is 43.5 Å². The number of imidazole rings is 1. The fourth-order valence-electron chi connectivity index (χ4n) is 2.08. The maximum Gasteiger partial charge on any atom is 0.138 e. The molecule has 0 spiro atoms. The number of benzene rings is 1. The minimum Gasteiger partial charge on any atom is -0.299 e. The quantitative estimate of drug-likeness (QED) is 0.631. The summed E-state index contributed by atoms with van der Waals surface area (Å²) in [6, 6.07) is 14.0. The minimum absolute atomic E-state index is 0.710. The average Bonchev–Trinajstić information content (AvgIpc) is 2.65. The molecule has 2 nitrogen and oxygen atoms in total. The third-order valence-electron chi connectivity index (χ3n) is 2.81. The van der Waals surface area contributed by atoms with Gasteiger partial charge in [0.1, 0.15) is 5.65 Å². The van der Waals surface area contributed by atoms with E-state index in [-0.39, 0.29) is 0 Å². The molecule has 0 amide bonds. The summed E-state index contributed by atoms with van der Waals surface area (Å²) in [6.45, 7) is 2.02. The Labute approximate surface area is 104 Å². The molecule has 0 unspecified atom stereocenters. The number of aryl methyl sites for hydroxylation is 1. The molecule has 17 heavy (non-hydrogen) atoms. The fraction of sp³-hybridized carbons (Fsp3) is 0.0714. The number of pyridine rings is 1. The maximum atomic E-state index is 5.97. The Balaban J connectivity index is 2.33. The second kappa shape index (κ2) is 3.90. The fourth-order valence-corrected chi connectivity index (χ4v) is 2.24. The Bertz CT molecular complexity index is 671. The van der Waals surface area contributed by atoms with Crippen molar-refractivity contribution in [2.75, 3.05) is 0 Å². The van der Waals surface area contributed by atoms with E-state index in [0.717, 1.165) is 17.0 Å². The first-order valence-electron chi connectivity index (χ1n) is 5.45. The van der Waals surface area contributed by atoms with Crippen molar-refractivity contribution in [3.05, 3.63) is 59.4 Å². The van der Waals surface area contributed by atoms with Crippen molar-refractivity contribution in [2.45, 2.75) is 6.92 Å². The Kier molecular flexibility index (Phi) is 2.37. The van der Waals surface area contributed by atoms with E-state index in [9.17, 15) is 0 Å². The second-order valence-corrected chi connectivity index (χ2v) is 4.42. The molecular formula is C14H11ClN2. The molecule has 0 N–H and O–H groups in total. The van der Waals surface area contributed by atoms with E-state index < -0.39 is 0 Å². The van der Waals surface area contributed by atoms with Gasteiger partial charge in [0.2, 0.25) is 0 Å². The topological polar surface area (TPSA) is 17.3 Å². The Morgan fingerprint density at radius 1 is 1.12 bits per heavy atom. The van der Waals surface area contributed by atoms with Gasteiger partial charge in [-0.25, -0.2) is 4.98 Å². The molecule has 84 valence electrons. The van der Waals surface area contributed by atoms with Gasteiger partial charge in [-0.15, -0.1) is 0 Å². The molecule has 0 aliphatic carbocycles. The van der Waals surface area contributed by atoms with Crippen LogP contribution in [0, 0.1) is 6.92 Å². The van der Waals surface area contributed by atoms with E-state index in [1.54, 1.807) is 0 Å². The molecule has 0 bridgehead atoms. The SMILES string of the molecule is Cc1nc2cc(Cl)ccn2c1-c1ccccc1. The molecule has 1 aromatic carbocycles. The molecule has 0 radical (unpaired) electrons. The van der Waals surface area contributed by atoms with Gasteiger partial charge in [-0.1, -0.05) is 41.9 Å².